The normalized spacial score (nSPS) is 14.4. The SMILES string of the molecule is COCOc1cc2nn(C)cc2cc1-c1nc(C2CCC2)c2cc(Cl)ccc2n1. The number of ether oxygens (including phenoxy) is 2. The van der Waals surface area contributed by atoms with Crippen molar-refractivity contribution in [3.8, 4) is 17.1 Å². The Balaban J connectivity index is 1.73. The third kappa shape index (κ3) is 3.32. The highest BCUT2D eigenvalue weighted by Gasteiger charge is 2.25. The van der Waals surface area contributed by atoms with Gasteiger partial charge in [-0.3, -0.25) is 4.68 Å². The van der Waals surface area contributed by atoms with Gasteiger partial charge in [-0.15, -0.1) is 0 Å². The Bertz CT molecular complexity index is 1220. The van der Waals surface area contributed by atoms with Gasteiger partial charge in [-0.1, -0.05) is 18.0 Å². The first-order valence-electron chi connectivity index (χ1n) is 9.69. The largest absolute Gasteiger partial charge is 0.467 e. The predicted molar refractivity (Wildman–Crippen MR) is 113 cm³/mol. The zero-order chi connectivity index (χ0) is 20.0. The van der Waals surface area contributed by atoms with E-state index in [4.69, 9.17) is 31.0 Å². The van der Waals surface area contributed by atoms with Gasteiger partial charge in [-0.2, -0.15) is 5.10 Å². The summed E-state index contributed by atoms with van der Waals surface area (Å²) in [4.78, 5) is 9.85. The van der Waals surface area contributed by atoms with E-state index in [2.05, 4.69) is 5.10 Å². The van der Waals surface area contributed by atoms with Gasteiger partial charge in [0.15, 0.2) is 12.6 Å². The number of aryl methyl sites for hydroxylation is 1. The molecule has 0 aliphatic heterocycles. The lowest BCUT2D eigenvalue weighted by atomic mass is 9.81. The van der Waals surface area contributed by atoms with Crippen molar-refractivity contribution in [3.05, 3.63) is 47.2 Å². The number of nitrogens with zero attached hydrogens (tertiary/aromatic N) is 4. The summed E-state index contributed by atoms with van der Waals surface area (Å²) in [5.41, 5.74) is 3.65. The number of hydrogen-bond donors (Lipinski definition) is 0. The maximum absolute atomic E-state index is 6.26. The van der Waals surface area contributed by atoms with Crippen LogP contribution in [0.2, 0.25) is 5.02 Å². The molecule has 1 fully saturated rings. The Morgan fingerprint density at radius 3 is 2.76 bits per heavy atom. The van der Waals surface area contributed by atoms with Crippen molar-refractivity contribution in [2.45, 2.75) is 25.2 Å². The maximum Gasteiger partial charge on any atom is 0.188 e. The molecule has 7 heteroatoms. The minimum absolute atomic E-state index is 0.143. The van der Waals surface area contributed by atoms with Crippen LogP contribution in [-0.2, 0) is 11.8 Å². The van der Waals surface area contributed by atoms with Crippen LogP contribution in [-0.4, -0.2) is 33.7 Å². The second-order valence-corrected chi connectivity index (χ2v) is 7.92. The molecule has 2 heterocycles. The summed E-state index contributed by atoms with van der Waals surface area (Å²) in [6, 6.07) is 9.76. The summed E-state index contributed by atoms with van der Waals surface area (Å²) in [6.07, 6.45) is 5.50. The maximum atomic E-state index is 6.26. The van der Waals surface area contributed by atoms with Crippen molar-refractivity contribution in [1.29, 1.82) is 0 Å². The summed E-state index contributed by atoms with van der Waals surface area (Å²) >= 11 is 6.26. The van der Waals surface area contributed by atoms with Crippen LogP contribution in [0, 0.1) is 0 Å². The number of methoxy groups -OCH3 is 1. The number of aromatic nitrogens is 4. The molecule has 2 aromatic carbocycles. The monoisotopic (exact) mass is 408 g/mol. The van der Waals surface area contributed by atoms with Gasteiger partial charge >= 0.3 is 0 Å². The smallest absolute Gasteiger partial charge is 0.188 e. The fraction of sp³-hybridized carbons (Fsp3) is 0.318. The molecule has 0 amide bonds. The van der Waals surface area contributed by atoms with E-state index in [1.165, 1.54) is 6.42 Å². The van der Waals surface area contributed by atoms with Gasteiger partial charge in [0.2, 0.25) is 0 Å². The minimum Gasteiger partial charge on any atom is -0.467 e. The van der Waals surface area contributed by atoms with Gasteiger partial charge in [0.1, 0.15) is 5.75 Å². The van der Waals surface area contributed by atoms with Gasteiger partial charge in [0, 0.05) is 48.1 Å². The van der Waals surface area contributed by atoms with E-state index in [1.807, 2.05) is 43.6 Å². The average molecular weight is 409 g/mol. The van der Waals surface area contributed by atoms with Crippen molar-refractivity contribution < 1.29 is 9.47 Å². The summed E-state index contributed by atoms with van der Waals surface area (Å²) in [7, 11) is 3.50. The number of fused-ring (bicyclic) bond motifs is 2. The van der Waals surface area contributed by atoms with Crippen molar-refractivity contribution >= 4 is 33.4 Å². The number of rotatable bonds is 5. The average Bonchev–Trinajstić information content (AvgIpc) is 3.03. The summed E-state index contributed by atoms with van der Waals surface area (Å²) < 4.78 is 12.8. The number of hydrogen-bond acceptors (Lipinski definition) is 5. The van der Waals surface area contributed by atoms with E-state index in [1.54, 1.807) is 11.8 Å². The molecule has 0 saturated heterocycles. The second kappa shape index (κ2) is 7.28. The zero-order valence-electron chi connectivity index (χ0n) is 16.4. The van der Waals surface area contributed by atoms with Crippen LogP contribution in [0.15, 0.2) is 36.5 Å². The van der Waals surface area contributed by atoms with Gasteiger partial charge in [-0.05, 0) is 37.1 Å². The third-order valence-electron chi connectivity index (χ3n) is 5.47. The van der Waals surface area contributed by atoms with Crippen molar-refractivity contribution in [2.24, 2.45) is 7.05 Å². The molecular formula is C22H21ClN4O2. The summed E-state index contributed by atoms with van der Waals surface area (Å²) in [5.74, 6) is 1.76. The lowest BCUT2D eigenvalue weighted by Crippen LogP contribution is -2.12. The standard InChI is InChI=1S/C22H21ClN4O2/c1-27-11-14-8-17(20(29-12-28-2)10-19(14)26-27)22-24-18-7-6-15(23)9-16(18)21(25-22)13-4-3-5-13/h6-11,13H,3-5,12H2,1-2H3. The Kier molecular flexibility index (Phi) is 4.60. The first-order valence-corrected chi connectivity index (χ1v) is 10.1. The molecule has 0 radical (unpaired) electrons. The quantitative estimate of drug-likeness (QED) is 0.430. The van der Waals surface area contributed by atoms with Gasteiger partial charge in [-0.25, -0.2) is 9.97 Å². The van der Waals surface area contributed by atoms with Crippen LogP contribution in [0.25, 0.3) is 33.2 Å². The minimum atomic E-state index is 0.143. The van der Waals surface area contributed by atoms with Crippen LogP contribution < -0.4 is 4.74 Å². The molecule has 1 saturated carbocycles. The first-order chi connectivity index (χ1) is 14.1. The summed E-state index contributed by atoms with van der Waals surface area (Å²) in [6.45, 7) is 0.143. The highest BCUT2D eigenvalue weighted by molar-refractivity contribution is 6.31. The van der Waals surface area contributed by atoms with E-state index < -0.39 is 0 Å². The molecule has 0 unspecified atom stereocenters. The Labute approximate surface area is 173 Å². The highest BCUT2D eigenvalue weighted by Crippen LogP contribution is 2.41. The van der Waals surface area contributed by atoms with Gasteiger partial charge < -0.3 is 9.47 Å². The Hall–Kier alpha value is -2.70. The molecule has 0 spiro atoms. The van der Waals surface area contributed by atoms with Crippen LogP contribution in [0.1, 0.15) is 30.9 Å². The molecule has 0 N–H and O–H groups in total. The molecular weight excluding hydrogens is 388 g/mol. The van der Waals surface area contributed by atoms with Gasteiger partial charge in [0.05, 0.1) is 22.3 Å². The molecule has 148 valence electrons. The van der Waals surface area contributed by atoms with Crippen LogP contribution in [0.4, 0.5) is 0 Å². The molecule has 0 atom stereocenters. The summed E-state index contributed by atoms with van der Waals surface area (Å²) in [5, 5.41) is 7.24. The van der Waals surface area contributed by atoms with E-state index >= 15 is 0 Å². The fourth-order valence-corrected chi connectivity index (χ4v) is 4.00. The van der Waals surface area contributed by atoms with E-state index in [9.17, 15) is 0 Å². The fourth-order valence-electron chi connectivity index (χ4n) is 3.83. The van der Waals surface area contributed by atoms with Gasteiger partial charge in [0.25, 0.3) is 0 Å². The number of halogens is 1. The van der Waals surface area contributed by atoms with E-state index in [0.717, 1.165) is 45.9 Å². The Morgan fingerprint density at radius 2 is 2.00 bits per heavy atom. The van der Waals surface area contributed by atoms with Crippen molar-refractivity contribution in [2.75, 3.05) is 13.9 Å². The van der Waals surface area contributed by atoms with E-state index in [0.29, 0.717) is 22.5 Å². The molecule has 6 nitrogen and oxygen atoms in total. The highest BCUT2D eigenvalue weighted by atomic mass is 35.5. The van der Waals surface area contributed by atoms with E-state index in [-0.39, 0.29) is 6.79 Å². The lowest BCUT2D eigenvalue weighted by Gasteiger charge is -2.26. The van der Waals surface area contributed by atoms with Crippen LogP contribution >= 0.6 is 11.6 Å². The molecule has 29 heavy (non-hydrogen) atoms. The first kappa shape index (κ1) is 18.3. The molecule has 5 rings (SSSR count). The molecule has 0 bridgehead atoms. The number of benzene rings is 2. The predicted octanol–water partition coefficient (Wildman–Crippen LogP) is 5.09. The third-order valence-corrected chi connectivity index (χ3v) is 5.71. The lowest BCUT2D eigenvalue weighted by molar-refractivity contribution is 0.0516. The zero-order valence-corrected chi connectivity index (χ0v) is 17.1. The molecule has 1 aliphatic rings. The van der Waals surface area contributed by atoms with Crippen LogP contribution in [0.3, 0.4) is 0 Å². The Morgan fingerprint density at radius 1 is 1.14 bits per heavy atom. The van der Waals surface area contributed by atoms with Crippen molar-refractivity contribution in [3.63, 3.8) is 0 Å². The molecule has 4 aromatic rings. The second-order valence-electron chi connectivity index (χ2n) is 7.48. The topological polar surface area (TPSA) is 62.1 Å². The van der Waals surface area contributed by atoms with Crippen LogP contribution in [0.5, 0.6) is 5.75 Å². The molecule has 1 aliphatic carbocycles. The van der Waals surface area contributed by atoms with Crippen molar-refractivity contribution in [1.82, 2.24) is 19.7 Å². The molecule has 2 aromatic heterocycles.